The normalized spacial score (nSPS) is 11.6. The quantitative estimate of drug-likeness (QED) is 0.894. The molecule has 0 spiro atoms. The predicted molar refractivity (Wildman–Crippen MR) is 76.6 cm³/mol. The summed E-state index contributed by atoms with van der Waals surface area (Å²) in [6, 6.07) is 5.33. The van der Waals surface area contributed by atoms with Gasteiger partial charge < -0.3 is 10.2 Å². The highest BCUT2D eigenvalue weighted by Gasteiger charge is 2.15. The molecule has 0 saturated heterocycles. The van der Waals surface area contributed by atoms with Crippen LogP contribution in [0.15, 0.2) is 18.2 Å². The number of rotatable bonds is 5. The van der Waals surface area contributed by atoms with E-state index in [-0.39, 0.29) is 5.82 Å². The van der Waals surface area contributed by atoms with E-state index >= 15 is 0 Å². The zero-order chi connectivity index (χ0) is 13.1. The summed E-state index contributed by atoms with van der Waals surface area (Å²) >= 11 is 1.69. The maximum atomic E-state index is 14.0. The van der Waals surface area contributed by atoms with Gasteiger partial charge in [0, 0.05) is 28.1 Å². The van der Waals surface area contributed by atoms with Gasteiger partial charge in [0.1, 0.15) is 5.82 Å². The van der Waals surface area contributed by atoms with Gasteiger partial charge in [-0.1, -0.05) is 13.0 Å². The molecule has 2 nitrogen and oxygen atoms in total. The molecule has 2 rings (SSSR count). The molecule has 0 aliphatic rings. The van der Waals surface area contributed by atoms with Crippen molar-refractivity contribution in [2.75, 3.05) is 20.6 Å². The summed E-state index contributed by atoms with van der Waals surface area (Å²) in [6.45, 7) is 4.61. The number of nitrogens with zero attached hydrogens (tertiary/aromatic N) is 1. The molecule has 0 radical (unpaired) electrons. The molecule has 0 saturated carbocycles. The van der Waals surface area contributed by atoms with E-state index < -0.39 is 0 Å². The van der Waals surface area contributed by atoms with Crippen LogP contribution in [0.5, 0.6) is 0 Å². The monoisotopic (exact) mass is 266 g/mol. The fraction of sp³-hybridized carbons (Fsp3) is 0.429. The average molecular weight is 266 g/mol. The molecule has 0 bridgehead atoms. The Balaban J connectivity index is 2.51. The zero-order valence-corrected chi connectivity index (χ0v) is 11.9. The minimum Gasteiger partial charge on any atom is -0.312 e. The first-order chi connectivity index (χ1) is 8.63. The Kier molecular flexibility index (Phi) is 4.32. The molecule has 0 fully saturated rings. The van der Waals surface area contributed by atoms with Crippen LogP contribution in [-0.4, -0.2) is 25.5 Å². The molecule has 0 aliphatic heterocycles. The molecule has 0 unspecified atom stereocenters. The Bertz CT molecular complexity index is 534. The van der Waals surface area contributed by atoms with Gasteiger partial charge >= 0.3 is 0 Å². The molecule has 1 aromatic carbocycles. The number of halogens is 1. The minimum atomic E-state index is -0.108. The minimum absolute atomic E-state index is 0.108. The van der Waals surface area contributed by atoms with Gasteiger partial charge in [0.05, 0.1) is 0 Å². The molecule has 2 aromatic rings. The summed E-state index contributed by atoms with van der Waals surface area (Å²) in [7, 11) is 4.03. The van der Waals surface area contributed by atoms with E-state index in [1.807, 2.05) is 20.2 Å². The van der Waals surface area contributed by atoms with Crippen LogP contribution >= 0.6 is 11.3 Å². The molecule has 98 valence electrons. The Hall–Kier alpha value is -0.970. The van der Waals surface area contributed by atoms with Gasteiger partial charge in [-0.25, -0.2) is 4.39 Å². The van der Waals surface area contributed by atoms with E-state index in [9.17, 15) is 4.39 Å². The van der Waals surface area contributed by atoms with Crippen molar-refractivity contribution in [3.8, 4) is 0 Å². The van der Waals surface area contributed by atoms with Crippen LogP contribution in [0, 0.1) is 5.82 Å². The van der Waals surface area contributed by atoms with Crippen LogP contribution in [0.3, 0.4) is 0 Å². The summed E-state index contributed by atoms with van der Waals surface area (Å²) in [6.07, 6.45) is 0. The maximum absolute atomic E-state index is 14.0. The van der Waals surface area contributed by atoms with Gasteiger partial charge in [0.2, 0.25) is 0 Å². The van der Waals surface area contributed by atoms with E-state index in [0.717, 1.165) is 35.3 Å². The van der Waals surface area contributed by atoms with Gasteiger partial charge in [-0.15, -0.1) is 11.3 Å². The lowest BCUT2D eigenvalue weighted by atomic mass is 10.1. The van der Waals surface area contributed by atoms with Crippen molar-refractivity contribution in [2.24, 2.45) is 0 Å². The number of hydrogen-bond donors (Lipinski definition) is 1. The van der Waals surface area contributed by atoms with Crippen molar-refractivity contribution in [1.82, 2.24) is 10.2 Å². The van der Waals surface area contributed by atoms with Crippen LogP contribution < -0.4 is 5.32 Å². The van der Waals surface area contributed by atoms with Gasteiger partial charge in [-0.3, -0.25) is 0 Å². The first-order valence-electron chi connectivity index (χ1n) is 6.17. The number of fused-ring (bicyclic) bond motifs is 1. The summed E-state index contributed by atoms with van der Waals surface area (Å²) in [5.41, 5.74) is 1.12. The highest BCUT2D eigenvalue weighted by molar-refractivity contribution is 7.19. The average Bonchev–Trinajstić information content (AvgIpc) is 2.65. The van der Waals surface area contributed by atoms with E-state index in [2.05, 4.69) is 17.1 Å². The van der Waals surface area contributed by atoms with Gasteiger partial charge in [0.25, 0.3) is 0 Å². The molecule has 4 heteroatoms. The van der Waals surface area contributed by atoms with Crippen LogP contribution in [0.4, 0.5) is 4.39 Å². The second-order valence-corrected chi connectivity index (χ2v) is 5.77. The summed E-state index contributed by atoms with van der Waals surface area (Å²) in [4.78, 5) is 3.33. The van der Waals surface area contributed by atoms with Crippen molar-refractivity contribution in [1.29, 1.82) is 0 Å². The van der Waals surface area contributed by atoms with Gasteiger partial charge in [-0.2, -0.15) is 0 Å². The Morgan fingerprint density at radius 2 is 2.11 bits per heavy atom. The second kappa shape index (κ2) is 5.78. The second-order valence-electron chi connectivity index (χ2n) is 4.63. The highest BCUT2D eigenvalue weighted by Crippen LogP contribution is 2.33. The highest BCUT2D eigenvalue weighted by atomic mass is 32.1. The van der Waals surface area contributed by atoms with E-state index in [4.69, 9.17) is 0 Å². The molecule has 1 aromatic heterocycles. The largest absolute Gasteiger partial charge is 0.312 e. The number of nitrogens with one attached hydrogen (secondary N) is 1. The molecule has 18 heavy (non-hydrogen) atoms. The molecular formula is C14H19FN2S. The lowest BCUT2D eigenvalue weighted by Gasteiger charge is -2.11. The molecule has 0 amide bonds. The fourth-order valence-corrected chi connectivity index (χ4v) is 3.28. The van der Waals surface area contributed by atoms with E-state index in [0.29, 0.717) is 0 Å². The number of thiophene rings is 1. The molecule has 1 heterocycles. The number of hydrogen-bond acceptors (Lipinski definition) is 3. The molecule has 0 aliphatic carbocycles. The summed E-state index contributed by atoms with van der Waals surface area (Å²) < 4.78 is 15.0. The SMILES string of the molecule is CCNCc1sc2cccc(F)c2c1CN(C)C. The van der Waals surface area contributed by atoms with Crippen molar-refractivity contribution < 1.29 is 4.39 Å². The third kappa shape index (κ3) is 2.71. The van der Waals surface area contributed by atoms with Crippen molar-refractivity contribution in [3.05, 3.63) is 34.5 Å². The van der Waals surface area contributed by atoms with Crippen LogP contribution in [0.25, 0.3) is 10.1 Å². The van der Waals surface area contributed by atoms with E-state index in [1.54, 1.807) is 23.5 Å². The summed E-state index contributed by atoms with van der Waals surface area (Å²) in [5.74, 6) is -0.108. The van der Waals surface area contributed by atoms with Gasteiger partial charge in [0.15, 0.2) is 0 Å². The molecular weight excluding hydrogens is 247 g/mol. The molecule has 1 N–H and O–H groups in total. The van der Waals surface area contributed by atoms with Crippen molar-refractivity contribution >= 4 is 21.4 Å². The lowest BCUT2D eigenvalue weighted by molar-refractivity contribution is 0.402. The van der Waals surface area contributed by atoms with Crippen LogP contribution in [0.1, 0.15) is 17.4 Å². The third-order valence-electron chi connectivity index (χ3n) is 2.86. The van der Waals surface area contributed by atoms with Crippen molar-refractivity contribution in [2.45, 2.75) is 20.0 Å². The third-order valence-corrected chi connectivity index (χ3v) is 4.05. The zero-order valence-electron chi connectivity index (χ0n) is 11.1. The Morgan fingerprint density at radius 1 is 1.33 bits per heavy atom. The fourth-order valence-electron chi connectivity index (χ4n) is 2.08. The van der Waals surface area contributed by atoms with E-state index in [1.165, 1.54) is 4.88 Å². The topological polar surface area (TPSA) is 15.3 Å². The van der Waals surface area contributed by atoms with Crippen LogP contribution in [0.2, 0.25) is 0 Å². The first kappa shape index (κ1) is 13.5. The maximum Gasteiger partial charge on any atom is 0.132 e. The first-order valence-corrected chi connectivity index (χ1v) is 6.99. The Labute approximate surface area is 111 Å². The smallest absolute Gasteiger partial charge is 0.132 e. The van der Waals surface area contributed by atoms with Crippen LogP contribution in [-0.2, 0) is 13.1 Å². The molecule has 0 atom stereocenters. The lowest BCUT2D eigenvalue weighted by Crippen LogP contribution is -2.15. The number of benzene rings is 1. The summed E-state index contributed by atoms with van der Waals surface area (Å²) in [5, 5.41) is 4.12. The Morgan fingerprint density at radius 3 is 2.78 bits per heavy atom. The predicted octanol–water partition coefficient (Wildman–Crippen LogP) is 3.21. The standard InChI is InChI=1S/C14H19FN2S/c1-4-16-8-13-10(9-17(2)3)14-11(15)6-5-7-12(14)18-13/h5-7,16H,4,8-9H2,1-3H3. The van der Waals surface area contributed by atoms with Gasteiger partial charge in [-0.05, 0) is 38.3 Å². The van der Waals surface area contributed by atoms with Crippen molar-refractivity contribution in [3.63, 3.8) is 0 Å².